The van der Waals surface area contributed by atoms with Crippen LogP contribution < -0.4 is 10.1 Å². The van der Waals surface area contributed by atoms with Gasteiger partial charge in [-0.3, -0.25) is 4.79 Å². The molecule has 0 aliphatic heterocycles. The van der Waals surface area contributed by atoms with Crippen molar-refractivity contribution in [2.24, 2.45) is 0 Å². The summed E-state index contributed by atoms with van der Waals surface area (Å²) in [7, 11) is 1.46. The second-order valence-corrected chi connectivity index (χ2v) is 6.70. The van der Waals surface area contributed by atoms with Crippen LogP contribution in [0.15, 0.2) is 46.9 Å². The Balaban J connectivity index is 1.82. The number of nitrogens with one attached hydrogen (secondary N) is 1. The average Bonchev–Trinajstić information content (AvgIpc) is 3.10. The molecule has 1 aromatic heterocycles. The molecule has 2 N–H and O–H groups in total. The molecule has 0 aliphatic rings. The quantitative estimate of drug-likeness (QED) is 0.602. The van der Waals surface area contributed by atoms with Crippen molar-refractivity contribution in [3.05, 3.63) is 69.4 Å². The molecule has 140 valence electrons. The van der Waals surface area contributed by atoms with Gasteiger partial charge in [0.2, 0.25) is 0 Å². The van der Waals surface area contributed by atoms with Crippen molar-refractivity contribution in [2.75, 3.05) is 12.4 Å². The topological polar surface area (TPSA) is 71.7 Å². The van der Waals surface area contributed by atoms with E-state index in [-0.39, 0.29) is 22.6 Å². The van der Waals surface area contributed by atoms with E-state index in [0.717, 1.165) is 11.1 Å². The lowest BCUT2D eigenvalue weighted by atomic mass is 10.1. The van der Waals surface area contributed by atoms with E-state index >= 15 is 0 Å². The third kappa shape index (κ3) is 4.11. The van der Waals surface area contributed by atoms with Crippen LogP contribution >= 0.6 is 23.2 Å². The van der Waals surface area contributed by atoms with Gasteiger partial charge in [0.15, 0.2) is 5.75 Å². The Hall–Kier alpha value is -2.47. The number of carbonyl (C=O) groups excluding carboxylic acids is 1. The molecule has 0 saturated heterocycles. The summed E-state index contributed by atoms with van der Waals surface area (Å²) in [5, 5.41) is 12.5. The van der Waals surface area contributed by atoms with Gasteiger partial charge < -0.3 is 19.6 Å². The van der Waals surface area contributed by atoms with Gasteiger partial charge in [-0.1, -0.05) is 23.2 Å². The lowest BCUT2D eigenvalue weighted by Gasteiger charge is -2.11. The number of benzene rings is 2. The predicted octanol–water partition coefficient (Wildman–Crippen LogP) is 5.32. The molecule has 5 nitrogen and oxygen atoms in total. The second-order valence-electron chi connectivity index (χ2n) is 5.88. The fraction of sp³-hybridized carbons (Fsp3) is 0.150. The SMILES string of the molecule is COc1c(Cl)cc(C(=O)Nc2ccc(-c3ccc(CO)o3)c(C)c2)cc1Cl. The Kier molecular flexibility index (Phi) is 5.75. The predicted molar refractivity (Wildman–Crippen MR) is 106 cm³/mol. The molecule has 0 saturated carbocycles. The van der Waals surface area contributed by atoms with Crippen LogP contribution in [0, 0.1) is 6.92 Å². The fourth-order valence-corrected chi connectivity index (χ4v) is 3.36. The van der Waals surface area contributed by atoms with Crippen molar-refractivity contribution in [3.63, 3.8) is 0 Å². The van der Waals surface area contributed by atoms with E-state index in [1.165, 1.54) is 19.2 Å². The van der Waals surface area contributed by atoms with Crippen LogP contribution in [0.3, 0.4) is 0 Å². The van der Waals surface area contributed by atoms with Crippen LogP contribution in [-0.2, 0) is 6.61 Å². The summed E-state index contributed by atoms with van der Waals surface area (Å²) in [4.78, 5) is 12.5. The number of aliphatic hydroxyl groups excluding tert-OH is 1. The molecule has 27 heavy (non-hydrogen) atoms. The first-order valence-electron chi connectivity index (χ1n) is 8.08. The summed E-state index contributed by atoms with van der Waals surface area (Å²) < 4.78 is 10.6. The van der Waals surface area contributed by atoms with Crippen molar-refractivity contribution in [2.45, 2.75) is 13.5 Å². The minimum Gasteiger partial charge on any atom is -0.494 e. The van der Waals surface area contributed by atoms with Gasteiger partial charge in [-0.05, 0) is 55.0 Å². The van der Waals surface area contributed by atoms with Gasteiger partial charge in [-0.15, -0.1) is 0 Å². The van der Waals surface area contributed by atoms with Gasteiger partial charge in [-0.25, -0.2) is 0 Å². The minimum atomic E-state index is -0.339. The van der Waals surface area contributed by atoms with Crippen LogP contribution in [0.5, 0.6) is 5.75 Å². The highest BCUT2D eigenvalue weighted by Gasteiger charge is 2.14. The number of carbonyl (C=O) groups is 1. The van der Waals surface area contributed by atoms with Crippen LogP contribution in [-0.4, -0.2) is 18.1 Å². The highest BCUT2D eigenvalue weighted by molar-refractivity contribution is 6.37. The smallest absolute Gasteiger partial charge is 0.255 e. The average molecular weight is 406 g/mol. The highest BCUT2D eigenvalue weighted by atomic mass is 35.5. The summed E-state index contributed by atoms with van der Waals surface area (Å²) in [6.45, 7) is 1.76. The van der Waals surface area contributed by atoms with E-state index in [2.05, 4.69) is 5.32 Å². The molecule has 0 radical (unpaired) electrons. The van der Waals surface area contributed by atoms with Gasteiger partial charge in [0.05, 0.1) is 17.2 Å². The summed E-state index contributed by atoms with van der Waals surface area (Å²) in [5.41, 5.74) is 2.74. The number of halogens is 2. The molecule has 1 heterocycles. The summed E-state index contributed by atoms with van der Waals surface area (Å²) >= 11 is 12.2. The first-order valence-corrected chi connectivity index (χ1v) is 8.83. The number of aliphatic hydroxyl groups is 1. The van der Waals surface area contributed by atoms with Crippen LogP contribution in [0.4, 0.5) is 5.69 Å². The molecule has 0 bridgehead atoms. The summed E-state index contributed by atoms with van der Waals surface area (Å²) in [5.74, 6) is 1.14. The van der Waals surface area contributed by atoms with Crippen LogP contribution in [0.25, 0.3) is 11.3 Å². The number of anilines is 1. The Morgan fingerprint density at radius 2 is 1.85 bits per heavy atom. The maximum atomic E-state index is 12.5. The maximum Gasteiger partial charge on any atom is 0.255 e. The Labute approximate surface area is 166 Å². The van der Waals surface area contributed by atoms with Crippen LogP contribution in [0.1, 0.15) is 21.7 Å². The third-order valence-corrected chi connectivity index (χ3v) is 4.59. The molecule has 3 rings (SSSR count). The van der Waals surface area contributed by atoms with E-state index < -0.39 is 0 Å². The zero-order chi connectivity index (χ0) is 19.6. The second kappa shape index (κ2) is 8.05. The molecule has 7 heteroatoms. The van der Waals surface area contributed by atoms with E-state index in [0.29, 0.717) is 28.5 Å². The monoisotopic (exact) mass is 405 g/mol. The number of furan rings is 1. The lowest BCUT2D eigenvalue weighted by Crippen LogP contribution is -2.12. The molecule has 0 aliphatic carbocycles. The van der Waals surface area contributed by atoms with Crippen molar-refractivity contribution < 1.29 is 19.1 Å². The number of aryl methyl sites for hydroxylation is 1. The minimum absolute atomic E-state index is 0.153. The zero-order valence-electron chi connectivity index (χ0n) is 14.7. The molecule has 1 amide bonds. The molecule has 3 aromatic rings. The molecular formula is C20H17Cl2NO4. The summed E-state index contributed by atoms with van der Waals surface area (Å²) in [6, 6.07) is 12.0. The molecule has 0 spiro atoms. The molecular weight excluding hydrogens is 389 g/mol. The number of ether oxygens (including phenoxy) is 1. The number of hydrogen-bond donors (Lipinski definition) is 2. The van der Waals surface area contributed by atoms with Gasteiger partial charge in [0.25, 0.3) is 5.91 Å². The van der Waals surface area contributed by atoms with E-state index in [4.69, 9.17) is 37.5 Å². The fourth-order valence-electron chi connectivity index (χ4n) is 2.71. The number of methoxy groups -OCH3 is 1. The normalized spacial score (nSPS) is 10.7. The zero-order valence-corrected chi connectivity index (χ0v) is 16.2. The Morgan fingerprint density at radius 1 is 1.15 bits per heavy atom. The molecule has 0 atom stereocenters. The number of amides is 1. The van der Waals surface area contributed by atoms with Crippen molar-refractivity contribution in [1.29, 1.82) is 0 Å². The summed E-state index contributed by atoms with van der Waals surface area (Å²) in [6.07, 6.45) is 0. The van der Waals surface area contributed by atoms with E-state index in [1.807, 2.05) is 19.1 Å². The van der Waals surface area contributed by atoms with Gasteiger partial charge >= 0.3 is 0 Å². The first-order chi connectivity index (χ1) is 12.9. The highest BCUT2D eigenvalue weighted by Crippen LogP contribution is 2.34. The largest absolute Gasteiger partial charge is 0.494 e. The molecule has 0 unspecified atom stereocenters. The Bertz CT molecular complexity index is 974. The van der Waals surface area contributed by atoms with E-state index in [1.54, 1.807) is 18.2 Å². The standard InChI is InChI=1S/C20H17Cl2NO4/c1-11-7-13(3-5-15(11)18-6-4-14(10-24)27-18)23-20(25)12-8-16(21)19(26-2)17(22)9-12/h3-9,24H,10H2,1-2H3,(H,23,25). The Morgan fingerprint density at radius 3 is 2.41 bits per heavy atom. The van der Waals surface area contributed by atoms with Gasteiger partial charge in [0, 0.05) is 16.8 Å². The van der Waals surface area contributed by atoms with Crippen molar-refractivity contribution >= 4 is 34.8 Å². The third-order valence-electron chi connectivity index (χ3n) is 4.03. The number of rotatable bonds is 5. The van der Waals surface area contributed by atoms with Crippen LogP contribution in [0.2, 0.25) is 10.0 Å². The van der Waals surface area contributed by atoms with Gasteiger partial charge in [0.1, 0.15) is 18.1 Å². The number of hydrogen-bond acceptors (Lipinski definition) is 4. The lowest BCUT2D eigenvalue weighted by molar-refractivity contribution is 0.102. The first kappa shape index (κ1) is 19.3. The maximum absolute atomic E-state index is 12.5. The van der Waals surface area contributed by atoms with Crippen molar-refractivity contribution in [3.8, 4) is 17.1 Å². The van der Waals surface area contributed by atoms with E-state index in [9.17, 15) is 4.79 Å². The molecule has 0 fully saturated rings. The van der Waals surface area contributed by atoms with Crippen molar-refractivity contribution in [1.82, 2.24) is 0 Å². The molecule has 2 aromatic carbocycles. The van der Waals surface area contributed by atoms with Gasteiger partial charge in [-0.2, -0.15) is 0 Å².